The van der Waals surface area contributed by atoms with Gasteiger partial charge >= 0.3 is 5.97 Å². The van der Waals surface area contributed by atoms with Gasteiger partial charge in [-0.3, -0.25) is 4.79 Å². The SMILES string of the molecule is CCOc1c(C)cc(-c2[nH+]cccc2OC(=O)C23CC4CC(CC(C4)C2)C3)cc1C.[Cl-]. The van der Waals surface area contributed by atoms with Gasteiger partial charge in [-0.1, -0.05) is 0 Å². The molecule has 4 aliphatic carbocycles. The maximum atomic E-state index is 13.5. The van der Waals surface area contributed by atoms with Crippen LogP contribution in [0, 0.1) is 37.0 Å². The van der Waals surface area contributed by atoms with Crippen LogP contribution < -0.4 is 26.9 Å². The molecule has 1 aromatic carbocycles. The minimum Gasteiger partial charge on any atom is -1.00 e. The molecule has 5 heteroatoms. The highest BCUT2D eigenvalue weighted by Gasteiger charge is 2.55. The van der Waals surface area contributed by atoms with E-state index in [0.717, 1.165) is 65.1 Å². The zero-order chi connectivity index (χ0) is 20.9. The van der Waals surface area contributed by atoms with Gasteiger partial charge in [-0.05, 0) is 106 Å². The van der Waals surface area contributed by atoms with Crippen LogP contribution in [0.25, 0.3) is 11.3 Å². The number of rotatable bonds is 5. The van der Waals surface area contributed by atoms with Crippen molar-refractivity contribution in [2.75, 3.05) is 6.61 Å². The summed E-state index contributed by atoms with van der Waals surface area (Å²) in [7, 11) is 0. The Morgan fingerprint density at radius 3 is 2.19 bits per heavy atom. The smallest absolute Gasteiger partial charge is 0.317 e. The Morgan fingerprint density at radius 1 is 1.06 bits per heavy atom. The van der Waals surface area contributed by atoms with E-state index in [0.29, 0.717) is 12.4 Å². The second-order valence-electron chi connectivity index (χ2n) is 9.87. The predicted octanol–water partition coefficient (Wildman–Crippen LogP) is 2.31. The average molecular weight is 442 g/mol. The maximum absolute atomic E-state index is 13.5. The van der Waals surface area contributed by atoms with Crippen molar-refractivity contribution in [1.29, 1.82) is 0 Å². The maximum Gasteiger partial charge on any atom is 0.317 e. The summed E-state index contributed by atoms with van der Waals surface area (Å²) in [5, 5.41) is 0. The van der Waals surface area contributed by atoms with Crippen LogP contribution in [0.1, 0.15) is 56.6 Å². The Hall–Kier alpha value is -2.07. The van der Waals surface area contributed by atoms with E-state index in [4.69, 9.17) is 9.47 Å². The standard InChI is InChI=1S/C26H31NO3.ClH/c1-4-29-24-16(2)8-21(9-17(24)3)23-22(6-5-7-27-23)30-25(28)26-13-18-10-19(14-26)12-20(11-18)15-26;/h5-9,18-20H,4,10-15H2,1-3H3;1H. The zero-order valence-corrected chi connectivity index (χ0v) is 19.4. The number of nitrogens with one attached hydrogen (secondary N) is 1. The topological polar surface area (TPSA) is 49.7 Å². The lowest BCUT2D eigenvalue weighted by atomic mass is 9.49. The number of hydrogen-bond donors (Lipinski definition) is 0. The molecule has 4 fully saturated rings. The quantitative estimate of drug-likeness (QED) is 0.669. The van der Waals surface area contributed by atoms with Gasteiger partial charge in [-0.2, -0.15) is 0 Å². The molecule has 0 unspecified atom stereocenters. The molecular formula is C26H32ClNO3. The lowest BCUT2D eigenvalue weighted by Gasteiger charge is -2.55. The van der Waals surface area contributed by atoms with Crippen molar-refractivity contribution in [1.82, 2.24) is 0 Å². The molecule has 0 radical (unpaired) electrons. The molecule has 4 aliphatic rings. The van der Waals surface area contributed by atoms with Crippen LogP contribution in [0.4, 0.5) is 0 Å². The van der Waals surface area contributed by atoms with Gasteiger partial charge in [0.05, 0.1) is 17.6 Å². The molecule has 4 saturated carbocycles. The fourth-order valence-electron chi connectivity index (χ4n) is 6.77. The second-order valence-corrected chi connectivity index (χ2v) is 9.87. The van der Waals surface area contributed by atoms with E-state index < -0.39 is 0 Å². The van der Waals surface area contributed by atoms with Gasteiger partial charge < -0.3 is 21.9 Å². The van der Waals surface area contributed by atoms with Crippen LogP contribution >= 0.6 is 0 Å². The number of carbonyl (C=O) groups excluding carboxylic acids is 1. The van der Waals surface area contributed by atoms with Gasteiger partial charge in [0.2, 0.25) is 5.75 Å². The Morgan fingerprint density at radius 2 is 1.65 bits per heavy atom. The van der Waals surface area contributed by atoms with E-state index in [1.807, 2.05) is 25.3 Å². The average Bonchev–Trinajstić information content (AvgIpc) is 2.70. The second kappa shape index (κ2) is 8.46. The Bertz CT molecular complexity index is 928. The van der Waals surface area contributed by atoms with Crippen molar-refractivity contribution in [2.45, 2.75) is 59.3 Å². The van der Waals surface area contributed by atoms with Gasteiger partial charge in [-0.15, -0.1) is 0 Å². The lowest BCUT2D eigenvalue weighted by Crippen LogP contribution is -3.00. The molecule has 166 valence electrons. The molecule has 0 saturated heterocycles. The van der Waals surface area contributed by atoms with Crippen LogP contribution in [0.3, 0.4) is 0 Å². The number of aromatic amines is 1. The summed E-state index contributed by atoms with van der Waals surface area (Å²) in [4.78, 5) is 16.8. The van der Waals surface area contributed by atoms with E-state index in [-0.39, 0.29) is 23.8 Å². The van der Waals surface area contributed by atoms with Crippen molar-refractivity contribution in [2.24, 2.45) is 23.2 Å². The lowest BCUT2D eigenvalue weighted by molar-refractivity contribution is -0.365. The third kappa shape index (κ3) is 3.95. The first-order valence-electron chi connectivity index (χ1n) is 11.4. The first-order chi connectivity index (χ1) is 14.5. The van der Waals surface area contributed by atoms with Gasteiger partial charge in [0.1, 0.15) is 5.75 Å². The van der Waals surface area contributed by atoms with Crippen molar-refractivity contribution in [3.05, 3.63) is 41.6 Å². The number of benzene rings is 1. The molecule has 0 atom stereocenters. The molecule has 6 rings (SSSR count). The first kappa shape index (κ1) is 22.1. The highest BCUT2D eigenvalue weighted by molar-refractivity contribution is 5.81. The fraction of sp³-hybridized carbons (Fsp3) is 0.538. The minimum absolute atomic E-state index is 0. The molecule has 0 amide bonds. The van der Waals surface area contributed by atoms with E-state index in [1.54, 1.807) is 0 Å². The van der Waals surface area contributed by atoms with E-state index in [2.05, 4.69) is 31.0 Å². The molecule has 2 aromatic rings. The van der Waals surface area contributed by atoms with E-state index in [9.17, 15) is 4.79 Å². The summed E-state index contributed by atoms with van der Waals surface area (Å²) < 4.78 is 11.9. The summed E-state index contributed by atoms with van der Waals surface area (Å²) in [6.45, 7) is 6.77. The summed E-state index contributed by atoms with van der Waals surface area (Å²) in [6, 6.07) is 8.02. The summed E-state index contributed by atoms with van der Waals surface area (Å²) in [5.41, 5.74) is 3.78. The van der Waals surface area contributed by atoms with E-state index >= 15 is 0 Å². The number of aryl methyl sites for hydroxylation is 2. The first-order valence-corrected chi connectivity index (χ1v) is 11.4. The van der Waals surface area contributed by atoms with Gasteiger partial charge in [0.15, 0.2) is 6.20 Å². The molecule has 1 aromatic heterocycles. The van der Waals surface area contributed by atoms with Crippen molar-refractivity contribution >= 4 is 5.97 Å². The predicted molar refractivity (Wildman–Crippen MR) is 115 cm³/mol. The number of ether oxygens (including phenoxy) is 2. The number of H-pyrrole nitrogens is 1. The van der Waals surface area contributed by atoms with Crippen LogP contribution in [-0.4, -0.2) is 12.6 Å². The fourth-order valence-corrected chi connectivity index (χ4v) is 6.77. The number of carbonyl (C=O) groups is 1. The highest BCUT2D eigenvalue weighted by atomic mass is 35.5. The number of halogens is 1. The van der Waals surface area contributed by atoms with Crippen LogP contribution in [0.15, 0.2) is 30.5 Å². The molecule has 0 spiro atoms. The minimum atomic E-state index is -0.257. The van der Waals surface area contributed by atoms with Gasteiger partial charge in [0, 0.05) is 6.07 Å². The molecule has 31 heavy (non-hydrogen) atoms. The largest absolute Gasteiger partial charge is 1.00 e. The summed E-state index contributed by atoms with van der Waals surface area (Å²) >= 11 is 0. The highest BCUT2D eigenvalue weighted by Crippen LogP contribution is 2.60. The molecular weight excluding hydrogens is 410 g/mol. The number of esters is 1. The number of hydrogen-bond acceptors (Lipinski definition) is 3. The number of pyridine rings is 1. The van der Waals surface area contributed by atoms with Gasteiger partial charge in [0.25, 0.3) is 5.69 Å². The molecule has 4 nitrogen and oxygen atoms in total. The molecule has 0 aliphatic heterocycles. The van der Waals surface area contributed by atoms with Crippen molar-refractivity contribution < 1.29 is 31.7 Å². The summed E-state index contributed by atoms with van der Waals surface area (Å²) in [6.07, 6.45) is 8.91. The monoisotopic (exact) mass is 441 g/mol. The number of aromatic nitrogens is 1. The third-order valence-electron chi connectivity index (χ3n) is 7.53. The van der Waals surface area contributed by atoms with Crippen molar-refractivity contribution in [3.8, 4) is 22.8 Å². The Labute approximate surface area is 191 Å². The molecule has 1 heterocycles. The van der Waals surface area contributed by atoms with Crippen LogP contribution in [0.2, 0.25) is 0 Å². The van der Waals surface area contributed by atoms with E-state index in [1.165, 1.54) is 19.3 Å². The third-order valence-corrected chi connectivity index (χ3v) is 7.53. The molecule has 1 N–H and O–H groups in total. The van der Waals surface area contributed by atoms with Crippen LogP contribution in [-0.2, 0) is 4.79 Å². The Balaban J connectivity index is 0.00000231. The normalized spacial score (nSPS) is 28.2. The zero-order valence-electron chi connectivity index (χ0n) is 18.7. The summed E-state index contributed by atoms with van der Waals surface area (Å²) in [5.74, 6) is 3.72. The molecule has 4 bridgehead atoms. The van der Waals surface area contributed by atoms with Crippen molar-refractivity contribution in [3.63, 3.8) is 0 Å². The van der Waals surface area contributed by atoms with Gasteiger partial charge in [-0.25, -0.2) is 4.98 Å². The Kier molecular flexibility index (Phi) is 6.04. The van der Waals surface area contributed by atoms with Crippen LogP contribution in [0.5, 0.6) is 11.5 Å².